The van der Waals surface area contributed by atoms with Crippen molar-refractivity contribution >= 4 is 33.7 Å². The molecule has 2 rings (SSSR count). The minimum absolute atomic E-state index is 0.588. The zero-order chi connectivity index (χ0) is 16.5. The Bertz CT molecular complexity index is 578. The van der Waals surface area contributed by atoms with Crippen LogP contribution in [0.2, 0.25) is 0 Å². The second-order valence-corrected chi connectivity index (χ2v) is 4.35. The lowest BCUT2D eigenvalue weighted by Crippen LogP contribution is -2.14. The molecular formula is C10H16N6O4S. The number of nitrogen functional groups attached to an aromatic ring is 4. The normalized spacial score (nSPS) is 9.62. The van der Waals surface area contributed by atoms with Crippen molar-refractivity contribution in [3.8, 4) is 0 Å². The summed E-state index contributed by atoms with van der Waals surface area (Å²) in [5.74, 6) is 2.35. The molecule has 0 unspecified atom stereocenters. The van der Waals surface area contributed by atoms with Crippen molar-refractivity contribution in [3.63, 3.8) is 0 Å². The Morgan fingerprint density at radius 2 is 0.905 bits per heavy atom. The quantitative estimate of drug-likeness (QED) is 0.314. The molecule has 2 aromatic heterocycles. The van der Waals surface area contributed by atoms with Crippen LogP contribution in [0.15, 0.2) is 36.4 Å². The van der Waals surface area contributed by atoms with Gasteiger partial charge in [0.15, 0.2) is 0 Å². The van der Waals surface area contributed by atoms with E-state index in [1.807, 2.05) is 0 Å². The summed E-state index contributed by atoms with van der Waals surface area (Å²) >= 11 is 0. The second-order valence-electron chi connectivity index (χ2n) is 3.53. The Labute approximate surface area is 121 Å². The summed E-state index contributed by atoms with van der Waals surface area (Å²) in [6.07, 6.45) is 0. The minimum Gasteiger partial charge on any atom is -0.759 e. The average Bonchev–Trinajstić information content (AvgIpc) is 2.26. The van der Waals surface area contributed by atoms with Gasteiger partial charge in [0.25, 0.3) is 0 Å². The van der Waals surface area contributed by atoms with Gasteiger partial charge >= 0.3 is 0 Å². The van der Waals surface area contributed by atoms with Crippen LogP contribution in [0.1, 0.15) is 0 Å². The molecule has 11 heteroatoms. The van der Waals surface area contributed by atoms with Crippen LogP contribution in [-0.4, -0.2) is 17.5 Å². The highest BCUT2D eigenvalue weighted by Crippen LogP contribution is 1.92. The Morgan fingerprint density at radius 1 is 0.714 bits per heavy atom. The predicted octanol–water partition coefficient (Wildman–Crippen LogP) is -2.01. The van der Waals surface area contributed by atoms with Crippen LogP contribution in [0.4, 0.5) is 23.3 Å². The number of hydrogen-bond donors (Lipinski definition) is 4. The molecular weight excluding hydrogens is 300 g/mol. The largest absolute Gasteiger partial charge is 0.759 e. The van der Waals surface area contributed by atoms with E-state index in [-0.39, 0.29) is 0 Å². The topological polar surface area (TPSA) is 213 Å². The molecule has 116 valence electrons. The Hall–Kier alpha value is -2.63. The molecule has 0 radical (unpaired) electrons. The Morgan fingerprint density at radius 3 is 1.00 bits per heavy atom. The number of rotatable bonds is 0. The zero-order valence-corrected chi connectivity index (χ0v) is 11.6. The molecule has 2 heterocycles. The van der Waals surface area contributed by atoms with Crippen molar-refractivity contribution in [1.82, 2.24) is 0 Å². The summed E-state index contributed by atoms with van der Waals surface area (Å²) in [4.78, 5) is 5.45. The molecule has 0 saturated heterocycles. The molecule has 0 aliphatic rings. The summed E-state index contributed by atoms with van der Waals surface area (Å²) in [5.41, 5.74) is 21.3. The maximum Gasteiger partial charge on any atom is 0.216 e. The second kappa shape index (κ2) is 8.52. The summed E-state index contributed by atoms with van der Waals surface area (Å²) in [7, 11) is -5.17. The van der Waals surface area contributed by atoms with Crippen molar-refractivity contribution in [3.05, 3.63) is 36.4 Å². The molecule has 0 amide bonds. The molecule has 0 atom stereocenters. The lowest BCUT2D eigenvalue weighted by atomic mass is 10.4. The fourth-order valence-electron chi connectivity index (χ4n) is 1.01. The van der Waals surface area contributed by atoms with Crippen LogP contribution in [0.3, 0.4) is 0 Å². The van der Waals surface area contributed by atoms with E-state index in [1.54, 1.807) is 36.4 Å². The highest BCUT2D eigenvalue weighted by molar-refractivity contribution is 7.79. The molecule has 10 N–H and O–H groups in total. The van der Waals surface area contributed by atoms with E-state index in [2.05, 4.69) is 9.97 Å². The molecule has 0 aliphatic carbocycles. The van der Waals surface area contributed by atoms with E-state index in [9.17, 15) is 0 Å². The van der Waals surface area contributed by atoms with Gasteiger partial charge in [-0.25, -0.2) is 9.97 Å². The monoisotopic (exact) mass is 316 g/mol. The van der Waals surface area contributed by atoms with E-state index < -0.39 is 10.4 Å². The lowest BCUT2D eigenvalue weighted by molar-refractivity contribution is -0.343. The number of H-pyrrole nitrogens is 2. The minimum atomic E-state index is -5.17. The first-order chi connectivity index (χ1) is 9.58. The van der Waals surface area contributed by atoms with E-state index in [0.717, 1.165) is 0 Å². The highest BCUT2D eigenvalue weighted by Gasteiger charge is 1.88. The van der Waals surface area contributed by atoms with E-state index in [4.69, 9.17) is 40.5 Å². The van der Waals surface area contributed by atoms with Crippen molar-refractivity contribution in [2.75, 3.05) is 22.9 Å². The molecule has 0 bridgehead atoms. The van der Waals surface area contributed by atoms with Gasteiger partial charge in [-0.15, -0.1) is 0 Å². The van der Waals surface area contributed by atoms with Gasteiger partial charge in [-0.3, -0.25) is 8.42 Å². The van der Waals surface area contributed by atoms with Crippen LogP contribution < -0.4 is 32.9 Å². The third-order valence-electron chi connectivity index (χ3n) is 1.68. The maximum absolute atomic E-state index is 8.52. The molecule has 0 fully saturated rings. The fourth-order valence-corrected chi connectivity index (χ4v) is 1.01. The molecule has 0 aliphatic heterocycles. The molecule has 0 spiro atoms. The molecule has 21 heavy (non-hydrogen) atoms. The van der Waals surface area contributed by atoms with Gasteiger partial charge in [-0.1, -0.05) is 0 Å². The molecule has 0 aromatic carbocycles. The number of nitrogens with two attached hydrogens (primary N) is 4. The average molecular weight is 316 g/mol. The van der Waals surface area contributed by atoms with Crippen LogP contribution in [0, 0.1) is 0 Å². The van der Waals surface area contributed by atoms with E-state index in [0.29, 0.717) is 23.3 Å². The fraction of sp³-hybridized carbons (Fsp3) is 0. The van der Waals surface area contributed by atoms with Crippen LogP contribution >= 0.6 is 0 Å². The lowest BCUT2D eigenvalue weighted by Gasteiger charge is -2.06. The third kappa shape index (κ3) is 13.6. The first-order valence-corrected chi connectivity index (χ1v) is 6.64. The van der Waals surface area contributed by atoms with Gasteiger partial charge in [0.1, 0.15) is 0 Å². The molecule has 10 nitrogen and oxygen atoms in total. The Kier molecular flexibility index (Phi) is 7.46. The van der Waals surface area contributed by atoms with Crippen molar-refractivity contribution in [1.29, 1.82) is 0 Å². The summed E-state index contributed by atoms with van der Waals surface area (Å²) in [6, 6.07) is 10.6. The van der Waals surface area contributed by atoms with E-state index >= 15 is 0 Å². The molecule has 0 saturated carbocycles. The number of nitrogens with one attached hydrogen (secondary N) is 2. The van der Waals surface area contributed by atoms with Crippen molar-refractivity contribution < 1.29 is 27.5 Å². The summed E-state index contributed by atoms with van der Waals surface area (Å²) in [6.45, 7) is 0. The molecule has 2 aromatic rings. The van der Waals surface area contributed by atoms with Gasteiger partial charge in [0, 0.05) is 34.7 Å². The summed E-state index contributed by atoms with van der Waals surface area (Å²) < 4.78 is 34.1. The predicted molar refractivity (Wildman–Crippen MR) is 74.1 cm³/mol. The van der Waals surface area contributed by atoms with Gasteiger partial charge in [-0.2, -0.15) is 0 Å². The number of anilines is 4. The van der Waals surface area contributed by atoms with Crippen molar-refractivity contribution in [2.45, 2.75) is 0 Å². The first-order valence-electron chi connectivity index (χ1n) is 5.31. The van der Waals surface area contributed by atoms with Crippen LogP contribution in [0.25, 0.3) is 0 Å². The van der Waals surface area contributed by atoms with Gasteiger partial charge in [0.2, 0.25) is 23.3 Å². The van der Waals surface area contributed by atoms with Crippen LogP contribution in [0.5, 0.6) is 0 Å². The smallest absolute Gasteiger partial charge is 0.216 e. The van der Waals surface area contributed by atoms with Gasteiger partial charge in [-0.05, 0) is 12.1 Å². The van der Waals surface area contributed by atoms with Crippen molar-refractivity contribution in [2.24, 2.45) is 0 Å². The third-order valence-corrected chi connectivity index (χ3v) is 1.68. The highest BCUT2D eigenvalue weighted by atomic mass is 32.3. The number of pyridine rings is 2. The van der Waals surface area contributed by atoms with E-state index in [1.165, 1.54) is 0 Å². The standard InChI is InChI=1S/2C5H7N3.H2O4S/c2*6-4-2-1-3-5(7)8-4;1-5(2,3)4/h2*1-3H,(H4,6,7,8);(H2,1,2,3,4). The number of hydrogen-bond acceptors (Lipinski definition) is 8. The number of aromatic nitrogens is 2. The Balaban J connectivity index is 0.000000296. The van der Waals surface area contributed by atoms with Crippen LogP contribution in [-0.2, 0) is 10.4 Å². The number of aromatic amines is 2. The van der Waals surface area contributed by atoms with Gasteiger partial charge in [0.05, 0.1) is 0 Å². The zero-order valence-electron chi connectivity index (χ0n) is 10.8. The first kappa shape index (κ1) is 18.4. The van der Waals surface area contributed by atoms with Gasteiger partial charge < -0.3 is 32.0 Å². The maximum atomic E-state index is 8.52. The SMILES string of the molecule is Nc1cccc(N)[nH+]1.Nc1cccc(N)[nH+]1.O=S(=O)([O-])[O-]. The summed E-state index contributed by atoms with van der Waals surface area (Å²) in [5, 5.41) is 0.